The molecule has 4 heteroatoms. The van der Waals surface area contributed by atoms with Gasteiger partial charge in [-0.25, -0.2) is 4.98 Å². The summed E-state index contributed by atoms with van der Waals surface area (Å²) in [7, 11) is 0. The summed E-state index contributed by atoms with van der Waals surface area (Å²) in [6.45, 7) is 4.24. The Morgan fingerprint density at radius 3 is 2.52 bits per heavy atom. The highest BCUT2D eigenvalue weighted by atomic mass is 32.2. The third-order valence-corrected chi connectivity index (χ3v) is 4.17. The minimum Gasteiger partial charge on any atom is -0.295 e. The van der Waals surface area contributed by atoms with Crippen LogP contribution in [0, 0.1) is 13.8 Å². The zero-order chi connectivity index (χ0) is 14.7. The Hall–Kier alpha value is -2.07. The van der Waals surface area contributed by atoms with Crippen LogP contribution in [0.2, 0.25) is 0 Å². The second-order valence-corrected chi connectivity index (χ2v) is 5.98. The van der Waals surface area contributed by atoms with E-state index >= 15 is 0 Å². The predicted molar refractivity (Wildman–Crippen MR) is 86.8 cm³/mol. The molecular weight excluding hydrogens is 278 g/mol. The lowest BCUT2D eigenvalue weighted by atomic mass is 10.1. The van der Waals surface area contributed by atoms with Crippen LogP contribution in [0.25, 0.3) is 5.69 Å². The van der Waals surface area contributed by atoms with Crippen molar-refractivity contribution in [3.05, 3.63) is 71.8 Å². The summed E-state index contributed by atoms with van der Waals surface area (Å²) in [4.78, 5) is 8.82. The van der Waals surface area contributed by atoms with Gasteiger partial charge in [-0.2, -0.15) is 0 Å². The first-order valence-electron chi connectivity index (χ1n) is 6.87. The van der Waals surface area contributed by atoms with E-state index in [1.807, 2.05) is 36.8 Å². The largest absolute Gasteiger partial charge is 0.295 e. The molecule has 0 aliphatic heterocycles. The Morgan fingerprint density at radius 1 is 1.00 bits per heavy atom. The molecule has 0 aliphatic rings. The maximum absolute atomic E-state index is 4.47. The number of aromatic nitrogens is 3. The minimum absolute atomic E-state index is 0.822. The fourth-order valence-corrected chi connectivity index (χ4v) is 3.19. The average Bonchev–Trinajstić information content (AvgIpc) is 2.93. The second-order valence-electron chi connectivity index (χ2n) is 5.04. The Bertz CT molecular complexity index is 715. The van der Waals surface area contributed by atoms with Crippen LogP contribution in [-0.2, 0) is 5.75 Å². The molecule has 3 nitrogen and oxygen atoms in total. The van der Waals surface area contributed by atoms with E-state index in [0.717, 1.165) is 22.3 Å². The highest BCUT2D eigenvalue weighted by Gasteiger charge is 2.07. The van der Waals surface area contributed by atoms with Crippen LogP contribution < -0.4 is 0 Å². The molecule has 0 atom stereocenters. The summed E-state index contributed by atoms with van der Waals surface area (Å²) in [6, 6.07) is 12.5. The SMILES string of the molecule is Cc1cc(C)cc(-n2ccnc2SCc2ccccn2)c1. The fourth-order valence-electron chi connectivity index (χ4n) is 2.30. The Morgan fingerprint density at radius 2 is 1.81 bits per heavy atom. The van der Waals surface area contributed by atoms with Crippen LogP contribution in [0.3, 0.4) is 0 Å². The standard InChI is InChI=1S/C17H17N3S/c1-13-9-14(2)11-16(10-13)20-8-7-19-17(20)21-12-15-5-3-4-6-18-15/h3-11H,12H2,1-2H3. The molecule has 106 valence electrons. The number of rotatable bonds is 4. The zero-order valence-corrected chi connectivity index (χ0v) is 13.0. The summed E-state index contributed by atoms with van der Waals surface area (Å²) >= 11 is 1.70. The zero-order valence-electron chi connectivity index (χ0n) is 12.2. The van der Waals surface area contributed by atoms with Crippen LogP contribution in [0.1, 0.15) is 16.8 Å². The molecule has 0 fully saturated rings. The monoisotopic (exact) mass is 295 g/mol. The van der Waals surface area contributed by atoms with Crippen LogP contribution in [0.4, 0.5) is 0 Å². The van der Waals surface area contributed by atoms with Gasteiger partial charge in [0.1, 0.15) is 0 Å². The maximum Gasteiger partial charge on any atom is 0.172 e. The lowest BCUT2D eigenvalue weighted by molar-refractivity contribution is 0.891. The molecule has 0 saturated heterocycles. The van der Waals surface area contributed by atoms with Gasteiger partial charge >= 0.3 is 0 Å². The molecule has 21 heavy (non-hydrogen) atoms. The van der Waals surface area contributed by atoms with E-state index in [0.29, 0.717) is 0 Å². The topological polar surface area (TPSA) is 30.7 Å². The van der Waals surface area contributed by atoms with Gasteiger partial charge in [-0.1, -0.05) is 23.9 Å². The molecule has 3 rings (SSSR count). The molecule has 0 N–H and O–H groups in total. The second kappa shape index (κ2) is 6.14. The molecule has 2 aromatic heterocycles. The third-order valence-electron chi connectivity index (χ3n) is 3.17. The Labute approximate surface area is 129 Å². The van der Waals surface area contributed by atoms with Gasteiger partial charge in [0.25, 0.3) is 0 Å². The van der Waals surface area contributed by atoms with Gasteiger partial charge in [-0.3, -0.25) is 9.55 Å². The molecule has 0 bridgehead atoms. The number of hydrogen-bond donors (Lipinski definition) is 0. The van der Waals surface area contributed by atoms with Crippen molar-refractivity contribution in [1.29, 1.82) is 0 Å². The van der Waals surface area contributed by atoms with Crippen molar-refractivity contribution in [1.82, 2.24) is 14.5 Å². The summed E-state index contributed by atoms with van der Waals surface area (Å²) in [5.74, 6) is 0.822. The molecule has 0 aliphatic carbocycles. The summed E-state index contributed by atoms with van der Waals surface area (Å²) in [6.07, 6.45) is 5.68. The lowest BCUT2D eigenvalue weighted by Crippen LogP contribution is -1.97. The molecule has 0 unspecified atom stereocenters. The molecule has 0 saturated carbocycles. The molecule has 0 spiro atoms. The molecule has 3 aromatic rings. The summed E-state index contributed by atoms with van der Waals surface area (Å²) in [5.41, 5.74) is 4.75. The number of benzene rings is 1. The number of pyridine rings is 1. The van der Waals surface area contributed by atoms with E-state index < -0.39 is 0 Å². The van der Waals surface area contributed by atoms with Gasteiger partial charge in [0, 0.05) is 30.0 Å². The van der Waals surface area contributed by atoms with Crippen molar-refractivity contribution in [3.63, 3.8) is 0 Å². The van der Waals surface area contributed by atoms with Gasteiger partial charge < -0.3 is 0 Å². The van der Waals surface area contributed by atoms with E-state index in [4.69, 9.17) is 0 Å². The summed E-state index contributed by atoms with van der Waals surface area (Å²) < 4.78 is 2.13. The van der Waals surface area contributed by atoms with E-state index in [9.17, 15) is 0 Å². The van der Waals surface area contributed by atoms with Crippen LogP contribution in [0.15, 0.2) is 60.1 Å². The maximum atomic E-state index is 4.47. The van der Waals surface area contributed by atoms with E-state index in [1.165, 1.54) is 11.1 Å². The Balaban J connectivity index is 1.84. The normalized spacial score (nSPS) is 10.8. The Kier molecular flexibility index (Phi) is 4.06. The molecule has 0 radical (unpaired) electrons. The number of hydrogen-bond acceptors (Lipinski definition) is 3. The van der Waals surface area contributed by atoms with Crippen LogP contribution in [-0.4, -0.2) is 14.5 Å². The number of nitrogens with zero attached hydrogens (tertiary/aromatic N) is 3. The van der Waals surface area contributed by atoms with Crippen molar-refractivity contribution < 1.29 is 0 Å². The molecule has 1 aromatic carbocycles. The molecular formula is C17H17N3S. The van der Waals surface area contributed by atoms with E-state index in [1.54, 1.807) is 11.8 Å². The molecule has 0 amide bonds. The van der Waals surface area contributed by atoms with Gasteiger partial charge in [0.05, 0.1) is 5.69 Å². The minimum atomic E-state index is 0.822. The summed E-state index contributed by atoms with van der Waals surface area (Å²) in [5, 5.41) is 0.991. The van der Waals surface area contributed by atoms with Crippen molar-refractivity contribution in [2.24, 2.45) is 0 Å². The number of imidazole rings is 1. The highest BCUT2D eigenvalue weighted by Crippen LogP contribution is 2.24. The van der Waals surface area contributed by atoms with Crippen molar-refractivity contribution in [3.8, 4) is 5.69 Å². The van der Waals surface area contributed by atoms with Crippen LogP contribution >= 0.6 is 11.8 Å². The van der Waals surface area contributed by atoms with Crippen molar-refractivity contribution in [2.45, 2.75) is 24.8 Å². The highest BCUT2D eigenvalue weighted by molar-refractivity contribution is 7.98. The van der Waals surface area contributed by atoms with Gasteiger partial charge in [0.2, 0.25) is 0 Å². The molecule has 2 heterocycles. The first kappa shape index (κ1) is 13.9. The smallest absolute Gasteiger partial charge is 0.172 e. The number of aryl methyl sites for hydroxylation is 2. The predicted octanol–water partition coefficient (Wildman–Crippen LogP) is 4.18. The fraction of sp³-hybridized carbons (Fsp3) is 0.176. The first-order valence-corrected chi connectivity index (χ1v) is 7.86. The average molecular weight is 295 g/mol. The van der Waals surface area contributed by atoms with Crippen LogP contribution in [0.5, 0.6) is 0 Å². The van der Waals surface area contributed by atoms with Gasteiger partial charge in [-0.05, 0) is 49.2 Å². The number of thioether (sulfide) groups is 1. The van der Waals surface area contributed by atoms with Crippen molar-refractivity contribution >= 4 is 11.8 Å². The third kappa shape index (κ3) is 3.34. The quantitative estimate of drug-likeness (QED) is 0.677. The first-order chi connectivity index (χ1) is 10.2. The van der Waals surface area contributed by atoms with E-state index in [2.05, 4.69) is 46.6 Å². The lowest BCUT2D eigenvalue weighted by Gasteiger charge is -2.09. The van der Waals surface area contributed by atoms with Gasteiger partial charge in [0.15, 0.2) is 5.16 Å². The van der Waals surface area contributed by atoms with E-state index in [-0.39, 0.29) is 0 Å². The van der Waals surface area contributed by atoms with Gasteiger partial charge in [-0.15, -0.1) is 0 Å². The van der Waals surface area contributed by atoms with Crippen molar-refractivity contribution in [2.75, 3.05) is 0 Å².